The van der Waals surface area contributed by atoms with Gasteiger partial charge in [-0.2, -0.15) is 5.10 Å². The second-order valence-electron chi connectivity index (χ2n) is 5.84. The lowest BCUT2D eigenvalue weighted by atomic mass is 10.0. The number of carbonyl (C=O) groups excluding carboxylic acids is 1. The van der Waals surface area contributed by atoms with E-state index in [0.717, 1.165) is 28.5 Å². The largest absolute Gasteiger partial charge is 0.391 e. The van der Waals surface area contributed by atoms with E-state index < -0.39 is 6.10 Å². The van der Waals surface area contributed by atoms with E-state index in [9.17, 15) is 9.90 Å². The molecule has 0 bridgehead atoms. The third-order valence-electron chi connectivity index (χ3n) is 4.23. The van der Waals surface area contributed by atoms with Crippen molar-refractivity contribution in [3.05, 3.63) is 36.3 Å². The molecule has 0 saturated heterocycles. The second kappa shape index (κ2) is 7.40. The highest BCUT2D eigenvalue weighted by molar-refractivity contribution is 5.94. The summed E-state index contributed by atoms with van der Waals surface area (Å²) in [5.74, 6) is 0.440. The van der Waals surface area contributed by atoms with Crippen molar-refractivity contribution >= 4 is 23.3 Å². The van der Waals surface area contributed by atoms with Crippen molar-refractivity contribution in [3.8, 4) is 11.1 Å². The minimum Gasteiger partial charge on any atom is -0.391 e. The van der Waals surface area contributed by atoms with E-state index in [2.05, 4.69) is 27.3 Å². The highest BCUT2D eigenvalue weighted by atomic mass is 16.3. The molecule has 2 N–H and O–H groups in total. The number of hydrogen-bond donors (Lipinski definition) is 2. The summed E-state index contributed by atoms with van der Waals surface area (Å²) in [6, 6.07) is 3.92. The summed E-state index contributed by atoms with van der Waals surface area (Å²) < 4.78 is 1.63. The van der Waals surface area contributed by atoms with E-state index in [4.69, 9.17) is 0 Å². The number of anilines is 1. The number of amides is 1. The molecule has 0 spiro atoms. The van der Waals surface area contributed by atoms with Gasteiger partial charge in [-0.25, -0.2) is 9.67 Å². The minimum absolute atomic E-state index is 0.329. The Balaban J connectivity index is 2.12. The Morgan fingerprint density at radius 3 is 2.92 bits per heavy atom. The zero-order chi connectivity index (χ0) is 17.8. The molecule has 7 heteroatoms. The standard InChI is InChI=1S/C18H21N5O2/c1-3-12-8-19-6-5-15(12)13-7-16-17(21-11-24)22-23(10-14(25)4-2)18(16)20-9-13/h5-9,11,14,25H,3-4,10H2,1-2H3,(H,21,22,24). The van der Waals surface area contributed by atoms with Crippen molar-refractivity contribution in [2.45, 2.75) is 39.3 Å². The van der Waals surface area contributed by atoms with Gasteiger partial charge < -0.3 is 10.4 Å². The number of carbonyl (C=O) groups is 1. The first kappa shape index (κ1) is 17.0. The molecule has 0 saturated carbocycles. The predicted octanol–water partition coefficient (Wildman–Crippen LogP) is 2.39. The van der Waals surface area contributed by atoms with Gasteiger partial charge in [0.25, 0.3) is 0 Å². The van der Waals surface area contributed by atoms with E-state index in [-0.39, 0.29) is 0 Å². The van der Waals surface area contributed by atoms with Crippen LogP contribution in [0, 0.1) is 0 Å². The van der Waals surface area contributed by atoms with Crippen molar-refractivity contribution in [3.63, 3.8) is 0 Å². The van der Waals surface area contributed by atoms with Crippen LogP contribution in [0.1, 0.15) is 25.8 Å². The molecular formula is C18H21N5O2. The number of aryl methyl sites for hydroxylation is 1. The number of aliphatic hydroxyl groups excluding tert-OH is 1. The first-order valence-corrected chi connectivity index (χ1v) is 8.36. The maximum atomic E-state index is 10.9. The van der Waals surface area contributed by atoms with Crippen LogP contribution in [0.3, 0.4) is 0 Å². The number of aliphatic hydroxyl groups is 1. The summed E-state index contributed by atoms with van der Waals surface area (Å²) >= 11 is 0. The first-order valence-electron chi connectivity index (χ1n) is 8.36. The van der Waals surface area contributed by atoms with Gasteiger partial charge in [0.2, 0.25) is 6.41 Å². The molecule has 7 nitrogen and oxygen atoms in total. The van der Waals surface area contributed by atoms with Crippen LogP contribution < -0.4 is 5.32 Å². The van der Waals surface area contributed by atoms with Crippen LogP contribution in [-0.2, 0) is 17.8 Å². The lowest BCUT2D eigenvalue weighted by molar-refractivity contribution is -0.105. The van der Waals surface area contributed by atoms with Crippen LogP contribution in [0.15, 0.2) is 30.7 Å². The molecule has 1 atom stereocenters. The Bertz CT molecular complexity index is 890. The smallest absolute Gasteiger partial charge is 0.212 e. The van der Waals surface area contributed by atoms with E-state index in [1.165, 1.54) is 0 Å². The molecule has 1 unspecified atom stereocenters. The molecule has 25 heavy (non-hydrogen) atoms. The minimum atomic E-state index is -0.513. The highest BCUT2D eigenvalue weighted by Gasteiger charge is 2.15. The van der Waals surface area contributed by atoms with Crippen molar-refractivity contribution in [1.29, 1.82) is 0 Å². The van der Waals surface area contributed by atoms with E-state index in [0.29, 0.717) is 30.8 Å². The molecule has 1 amide bonds. The molecule has 0 aliphatic carbocycles. The van der Waals surface area contributed by atoms with E-state index >= 15 is 0 Å². The summed E-state index contributed by atoms with van der Waals surface area (Å²) in [5, 5.41) is 17.7. The van der Waals surface area contributed by atoms with Crippen LogP contribution in [-0.4, -0.2) is 37.4 Å². The van der Waals surface area contributed by atoms with Crippen molar-refractivity contribution < 1.29 is 9.90 Å². The molecule has 3 heterocycles. The lowest BCUT2D eigenvalue weighted by Gasteiger charge is -2.09. The average Bonchev–Trinajstić information content (AvgIpc) is 2.98. The Labute approximate surface area is 145 Å². The molecule has 3 rings (SSSR count). The number of fused-ring (bicyclic) bond motifs is 1. The van der Waals surface area contributed by atoms with Crippen molar-refractivity contribution in [2.24, 2.45) is 0 Å². The molecule has 3 aromatic rings. The van der Waals surface area contributed by atoms with Gasteiger partial charge in [-0.15, -0.1) is 0 Å². The second-order valence-corrected chi connectivity index (χ2v) is 5.84. The number of nitrogens with one attached hydrogen (secondary N) is 1. The summed E-state index contributed by atoms with van der Waals surface area (Å²) in [5.41, 5.74) is 3.76. The van der Waals surface area contributed by atoms with Crippen LogP contribution in [0.5, 0.6) is 0 Å². The fourth-order valence-electron chi connectivity index (χ4n) is 2.82. The number of aromatic nitrogens is 4. The SMILES string of the molecule is CCc1cnccc1-c1cnc2c(c1)c(NC=O)nn2CC(O)CC. The Hall–Kier alpha value is -2.80. The van der Waals surface area contributed by atoms with Gasteiger partial charge in [-0.05, 0) is 36.1 Å². The number of pyridine rings is 2. The highest BCUT2D eigenvalue weighted by Crippen LogP contribution is 2.29. The zero-order valence-electron chi connectivity index (χ0n) is 14.3. The van der Waals surface area contributed by atoms with E-state index in [1.54, 1.807) is 17.1 Å². The summed E-state index contributed by atoms with van der Waals surface area (Å²) in [6.45, 7) is 4.31. The monoisotopic (exact) mass is 339 g/mol. The summed E-state index contributed by atoms with van der Waals surface area (Å²) in [6.07, 6.45) is 6.96. The van der Waals surface area contributed by atoms with Crippen LogP contribution in [0.2, 0.25) is 0 Å². The number of nitrogens with zero attached hydrogens (tertiary/aromatic N) is 4. The predicted molar refractivity (Wildman–Crippen MR) is 96.1 cm³/mol. The van der Waals surface area contributed by atoms with Gasteiger partial charge in [-0.1, -0.05) is 13.8 Å². The maximum Gasteiger partial charge on any atom is 0.212 e. The Kier molecular flexibility index (Phi) is 5.04. The first-order chi connectivity index (χ1) is 12.2. The van der Waals surface area contributed by atoms with Crippen molar-refractivity contribution in [1.82, 2.24) is 19.7 Å². The topological polar surface area (TPSA) is 92.9 Å². The molecule has 130 valence electrons. The van der Waals surface area contributed by atoms with Gasteiger partial charge in [0.05, 0.1) is 18.0 Å². The molecule has 3 aromatic heterocycles. The van der Waals surface area contributed by atoms with Gasteiger partial charge in [0.15, 0.2) is 11.5 Å². The zero-order valence-corrected chi connectivity index (χ0v) is 14.3. The maximum absolute atomic E-state index is 10.9. The Morgan fingerprint density at radius 1 is 1.36 bits per heavy atom. The summed E-state index contributed by atoms with van der Waals surface area (Å²) in [4.78, 5) is 19.6. The van der Waals surface area contributed by atoms with Gasteiger partial charge in [0.1, 0.15) is 0 Å². The summed E-state index contributed by atoms with van der Waals surface area (Å²) in [7, 11) is 0. The van der Waals surface area contributed by atoms with Gasteiger partial charge in [-0.3, -0.25) is 9.78 Å². The van der Waals surface area contributed by atoms with Crippen LogP contribution in [0.4, 0.5) is 5.82 Å². The third kappa shape index (κ3) is 3.36. The molecule has 0 fully saturated rings. The number of rotatable bonds is 7. The molecule has 0 aromatic carbocycles. The van der Waals surface area contributed by atoms with Crippen LogP contribution >= 0.6 is 0 Å². The quantitative estimate of drug-likeness (QED) is 0.645. The fraction of sp³-hybridized carbons (Fsp3) is 0.333. The molecule has 0 aliphatic heterocycles. The van der Waals surface area contributed by atoms with E-state index in [1.807, 2.05) is 25.3 Å². The van der Waals surface area contributed by atoms with Gasteiger partial charge in [0, 0.05) is 24.2 Å². The van der Waals surface area contributed by atoms with Crippen LogP contribution in [0.25, 0.3) is 22.2 Å². The molecular weight excluding hydrogens is 318 g/mol. The normalized spacial score (nSPS) is 12.3. The molecule has 0 aliphatic rings. The third-order valence-corrected chi connectivity index (χ3v) is 4.23. The number of hydrogen-bond acceptors (Lipinski definition) is 5. The Morgan fingerprint density at radius 2 is 2.20 bits per heavy atom. The average molecular weight is 339 g/mol. The molecule has 0 radical (unpaired) electrons. The lowest BCUT2D eigenvalue weighted by Crippen LogP contribution is -2.16. The van der Waals surface area contributed by atoms with Gasteiger partial charge >= 0.3 is 0 Å². The fourth-order valence-corrected chi connectivity index (χ4v) is 2.82. The van der Waals surface area contributed by atoms with Crippen molar-refractivity contribution in [2.75, 3.05) is 5.32 Å².